The fourth-order valence-corrected chi connectivity index (χ4v) is 5.40. The lowest BCUT2D eigenvalue weighted by atomic mass is 10.0. The van der Waals surface area contributed by atoms with Crippen molar-refractivity contribution in [3.05, 3.63) is 74.9 Å². The van der Waals surface area contributed by atoms with Crippen molar-refractivity contribution < 1.29 is 9.21 Å². The van der Waals surface area contributed by atoms with Gasteiger partial charge in [-0.2, -0.15) is 5.10 Å². The highest BCUT2D eigenvalue weighted by Gasteiger charge is 2.16. The number of nitrogens with one attached hydrogen (secondary N) is 1. The number of fused-ring (bicyclic) bond motifs is 2. The third-order valence-corrected chi connectivity index (χ3v) is 6.56. The van der Waals surface area contributed by atoms with Crippen LogP contribution in [0.3, 0.4) is 0 Å². The second-order valence-corrected chi connectivity index (χ2v) is 9.30. The van der Waals surface area contributed by atoms with Gasteiger partial charge in [0.05, 0.1) is 10.7 Å². The number of rotatable bonds is 4. The second kappa shape index (κ2) is 8.48. The minimum Gasteiger partial charge on any atom is -0.450 e. The summed E-state index contributed by atoms with van der Waals surface area (Å²) in [5, 5.41) is 7.33. The number of hydrogen-bond donors (Lipinski definition) is 1. The zero-order chi connectivity index (χ0) is 21.4. The van der Waals surface area contributed by atoms with Crippen molar-refractivity contribution in [1.82, 2.24) is 5.43 Å². The van der Waals surface area contributed by atoms with Gasteiger partial charge in [0.1, 0.15) is 5.58 Å². The van der Waals surface area contributed by atoms with Crippen LogP contribution in [-0.2, 0) is 0 Å². The number of hydrogen-bond acceptors (Lipinski definition) is 4. The zero-order valence-electron chi connectivity index (χ0n) is 16.6. The molecule has 7 heteroatoms. The first-order chi connectivity index (χ1) is 15.1. The molecule has 1 aromatic heterocycles. The van der Waals surface area contributed by atoms with Crippen LogP contribution in [0.2, 0.25) is 0 Å². The number of amides is 1. The average Bonchev–Trinajstić information content (AvgIpc) is 3.44. The number of hydrazone groups is 1. The van der Waals surface area contributed by atoms with Gasteiger partial charge < -0.3 is 9.32 Å². The SMILES string of the molecule is O=C(N/N=C\c1ccc(N2CCCC2)c2ccccc12)c1cc2cc(Br)cc(Br)c2o1. The molecule has 156 valence electrons. The Bertz CT molecular complexity index is 1320. The predicted octanol–water partition coefficient (Wildman–Crippen LogP) is 6.48. The van der Waals surface area contributed by atoms with Gasteiger partial charge in [0.15, 0.2) is 5.76 Å². The lowest BCUT2D eigenvalue weighted by molar-refractivity contribution is 0.0929. The highest BCUT2D eigenvalue weighted by molar-refractivity contribution is 9.11. The van der Waals surface area contributed by atoms with Gasteiger partial charge in [-0.25, -0.2) is 5.43 Å². The third-order valence-electron chi connectivity index (χ3n) is 5.51. The second-order valence-electron chi connectivity index (χ2n) is 7.53. The number of halogens is 2. The van der Waals surface area contributed by atoms with Crippen LogP contribution in [0.15, 0.2) is 73.1 Å². The predicted molar refractivity (Wildman–Crippen MR) is 132 cm³/mol. The molecule has 0 spiro atoms. The van der Waals surface area contributed by atoms with Crippen LogP contribution in [-0.4, -0.2) is 25.2 Å². The summed E-state index contributed by atoms with van der Waals surface area (Å²) in [7, 11) is 0. The molecule has 1 aliphatic rings. The molecule has 5 nitrogen and oxygen atoms in total. The highest BCUT2D eigenvalue weighted by atomic mass is 79.9. The highest BCUT2D eigenvalue weighted by Crippen LogP contribution is 2.32. The Balaban J connectivity index is 1.39. The molecule has 3 aromatic carbocycles. The summed E-state index contributed by atoms with van der Waals surface area (Å²) in [5.41, 5.74) is 5.41. The minimum atomic E-state index is -0.395. The molecule has 1 aliphatic heterocycles. The van der Waals surface area contributed by atoms with Crippen molar-refractivity contribution in [3.63, 3.8) is 0 Å². The maximum atomic E-state index is 12.5. The number of carbonyl (C=O) groups excluding carboxylic acids is 1. The van der Waals surface area contributed by atoms with E-state index in [1.807, 2.05) is 18.2 Å². The van der Waals surface area contributed by atoms with Crippen molar-refractivity contribution >= 4 is 71.4 Å². The molecule has 0 radical (unpaired) electrons. The average molecular weight is 541 g/mol. The van der Waals surface area contributed by atoms with E-state index >= 15 is 0 Å². The molecule has 0 atom stereocenters. The molecule has 1 amide bonds. The van der Waals surface area contributed by atoms with Gasteiger partial charge in [-0.15, -0.1) is 0 Å². The van der Waals surface area contributed by atoms with Gasteiger partial charge in [0.2, 0.25) is 0 Å². The van der Waals surface area contributed by atoms with Crippen LogP contribution in [0.4, 0.5) is 5.69 Å². The summed E-state index contributed by atoms with van der Waals surface area (Å²) in [6.07, 6.45) is 4.15. The lowest BCUT2D eigenvalue weighted by Gasteiger charge is -2.20. The van der Waals surface area contributed by atoms with Gasteiger partial charge in [-0.3, -0.25) is 4.79 Å². The Morgan fingerprint density at radius 1 is 1.03 bits per heavy atom. The van der Waals surface area contributed by atoms with Gasteiger partial charge in [0.25, 0.3) is 0 Å². The minimum absolute atomic E-state index is 0.209. The molecule has 1 N–H and O–H groups in total. The smallest absolute Gasteiger partial charge is 0.307 e. The van der Waals surface area contributed by atoms with E-state index in [4.69, 9.17) is 4.42 Å². The Labute approximate surface area is 196 Å². The Morgan fingerprint density at radius 3 is 2.61 bits per heavy atom. The quantitative estimate of drug-likeness (QED) is 0.238. The Hall–Kier alpha value is -2.64. The number of furan rings is 1. The molecule has 1 fully saturated rings. The molecule has 31 heavy (non-hydrogen) atoms. The van der Waals surface area contributed by atoms with E-state index in [2.05, 4.69) is 77.6 Å². The van der Waals surface area contributed by atoms with E-state index < -0.39 is 5.91 Å². The first kappa shape index (κ1) is 20.3. The number of nitrogens with zero attached hydrogens (tertiary/aromatic N) is 2. The fraction of sp³-hybridized carbons (Fsp3) is 0.167. The van der Waals surface area contributed by atoms with Crippen molar-refractivity contribution in [2.75, 3.05) is 18.0 Å². The fourth-order valence-electron chi connectivity index (χ4n) is 4.06. The van der Waals surface area contributed by atoms with Crippen LogP contribution < -0.4 is 10.3 Å². The van der Waals surface area contributed by atoms with Gasteiger partial charge >= 0.3 is 5.91 Å². The van der Waals surface area contributed by atoms with E-state index in [9.17, 15) is 4.79 Å². The summed E-state index contributed by atoms with van der Waals surface area (Å²) in [4.78, 5) is 15.0. The Kier molecular flexibility index (Phi) is 5.54. The van der Waals surface area contributed by atoms with Crippen molar-refractivity contribution in [1.29, 1.82) is 0 Å². The lowest BCUT2D eigenvalue weighted by Crippen LogP contribution is -2.18. The summed E-state index contributed by atoms with van der Waals surface area (Å²) in [5.74, 6) is -0.186. The molecule has 2 heterocycles. The first-order valence-corrected chi connectivity index (χ1v) is 11.7. The number of benzene rings is 3. The molecule has 0 bridgehead atoms. The molecule has 1 saturated heterocycles. The van der Waals surface area contributed by atoms with E-state index in [1.165, 1.54) is 23.9 Å². The summed E-state index contributed by atoms with van der Waals surface area (Å²) in [6, 6.07) is 18.0. The van der Waals surface area contributed by atoms with Crippen molar-refractivity contribution in [2.45, 2.75) is 12.8 Å². The topological polar surface area (TPSA) is 57.8 Å². The first-order valence-electron chi connectivity index (χ1n) is 10.1. The van der Waals surface area contributed by atoms with Gasteiger partial charge in [-0.05, 0) is 58.4 Å². The van der Waals surface area contributed by atoms with E-state index in [0.717, 1.165) is 38.4 Å². The van der Waals surface area contributed by atoms with E-state index in [-0.39, 0.29) is 5.76 Å². The van der Waals surface area contributed by atoms with Crippen molar-refractivity contribution in [2.24, 2.45) is 5.10 Å². The Morgan fingerprint density at radius 2 is 1.81 bits per heavy atom. The van der Waals surface area contributed by atoms with Gasteiger partial charge in [0, 0.05) is 39.6 Å². The largest absolute Gasteiger partial charge is 0.450 e. The number of carbonyl (C=O) groups is 1. The van der Waals surface area contributed by atoms with E-state index in [0.29, 0.717) is 5.58 Å². The summed E-state index contributed by atoms with van der Waals surface area (Å²) < 4.78 is 7.39. The van der Waals surface area contributed by atoms with Gasteiger partial charge in [-0.1, -0.05) is 46.3 Å². The molecule has 4 aromatic rings. The van der Waals surface area contributed by atoms with Crippen molar-refractivity contribution in [3.8, 4) is 0 Å². The zero-order valence-corrected chi connectivity index (χ0v) is 19.7. The molecule has 5 rings (SSSR count). The van der Waals surface area contributed by atoms with Crippen LogP contribution in [0, 0.1) is 0 Å². The third kappa shape index (κ3) is 4.00. The monoisotopic (exact) mass is 539 g/mol. The summed E-state index contributed by atoms with van der Waals surface area (Å²) in [6.45, 7) is 2.19. The summed E-state index contributed by atoms with van der Waals surface area (Å²) >= 11 is 6.90. The van der Waals surface area contributed by atoms with Crippen LogP contribution in [0.5, 0.6) is 0 Å². The van der Waals surface area contributed by atoms with Crippen LogP contribution in [0.25, 0.3) is 21.7 Å². The standard InChI is InChI=1S/C24H19Br2N3O2/c25-17-11-16-12-22(31-23(16)20(26)13-17)24(30)28-27-14-15-7-8-21(29-9-3-4-10-29)19-6-2-1-5-18(15)19/h1-2,5-8,11-14H,3-4,9-10H2,(H,28,30)/b27-14-. The van der Waals surface area contributed by atoms with Crippen LogP contribution >= 0.6 is 31.9 Å². The molecular weight excluding hydrogens is 522 g/mol. The van der Waals surface area contributed by atoms with E-state index in [1.54, 1.807) is 12.3 Å². The molecule has 0 aliphatic carbocycles. The van der Waals surface area contributed by atoms with Crippen LogP contribution in [0.1, 0.15) is 29.0 Å². The molecule has 0 saturated carbocycles. The molecule has 0 unspecified atom stereocenters. The maximum absolute atomic E-state index is 12.5. The normalized spacial score (nSPS) is 14.2. The number of anilines is 1. The maximum Gasteiger partial charge on any atom is 0.307 e. The molecular formula is C24H19Br2N3O2.